The Morgan fingerprint density at radius 2 is 2.15 bits per heavy atom. The molecule has 3 heterocycles. The molecule has 2 aromatic rings. The Bertz CT molecular complexity index is 620. The Hall–Kier alpha value is -1.75. The molecular weight excluding hydrogens is 250 g/mol. The van der Waals surface area contributed by atoms with Gasteiger partial charge in [-0.1, -0.05) is 6.42 Å². The Balaban J connectivity index is 1.59. The zero-order valence-electron chi connectivity index (χ0n) is 11.7. The number of nitrogens with one attached hydrogen (secondary N) is 1. The molecule has 5 nitrogen and oxygen atoms in total. The number of hydrogen-bond donors (Lipinski definition) is 2. The number of anilines is 2. The second-order valence-corrected chi connectivity index (χ2v) is 5.97. The van der Waals surface area contributed by atoms with Crippen LogP contribution in [0, 0.1) is 0 Å². The van der Waals surface area contributed by atoms with Gasteiger partial charge < -0.3 is 15.6 Å². The minimum absolute atomic E-state index is 0.704. The molecule has 3 N–H and O–H groups in total. The summed E-state index contributed by atoms with van der Waals surface area (Å²) in [7, 11) is 0. The third kappa shape index (κ3) is 2.02. The molecule has 0 spiro atoms. The number of aromatic amines is 1. The van der Waals surface area contributed by atoms with E-state index in [0.29, 0.717) is 6.04 Å². The highest BCUT2D eigenvalue weighted by Crippen LogP contribution is 2.25. The number of nitrogens with two attached hydrogens (primary N) is 1. The van der Waals surface area contributed by atoms with Gasteiger partial charge in [-0.25, -0.2) is 4.98 Å². The van der Waals surface area contributed by atoms with Gasteiger partial charge in [0.1, 0.15) is 0 Å². The quantitative estimate of drug-likeness (QED) is 0.777. The standard InChI is InChI=1S/C15H21N5/c16-11-4-5-13-14(9-11)18-15(17-13)20-8-7-19-6-2-1-3-12(19)10-20/h4-5,9,12H,1-3,6-8,10,16H2,(H,17,18). The van der Waals surface area contributed by atoms with Gasteiger partial charge in [-0.3, -0.25) is 4.90 Å². The number of imidazole rings is 1. The van der Waals surface area contributed by atoms with Crippen molar-refractivity contribution in [1.29, 1.82) is 0 Å². The van der Waals surface area contributed by atoms with Gasteiger partial charge in [-0.2, -0.15) is 0 Å². The second-order valence-electron chi connectivity index (χ2n) is 5.97. The van der Waals surface area contributed by atoms with Crippen molar-refractivity contribution in [3.05, 3.63) is 18.2 Å². The molecule has 2 saturated heterocycles. The summed E-state index contributed by atoms with van der Waals surface area (Å²) < 4.78 is 0. The van der Waals surface area contributed by atoms with Crippen LogP contribution in [0.5, 0.6) is 0 Å². The summed E-state index contributed by atoms with van der Waals surface area (Å²) in [5.74, 6) is 0.996. The van der Waals surface area contributed by atoms with Crippen molar-refractivity contribution in [3.63, 3.8) is 0 Å². The van der Waals surface area contributed by atoms with Crippen molar-refractivity contribution >= 4 is 22.7 Å². The first kappa shape index (κ1) is 12.0. The Labute approximate surface area is 118 Å². The van der Waals surface area contributed by atoms with E-state index in [1.165, 1.54) is 25.8 Å². The van der Waals surface area contributed by atoms with Crippen molar-refractivity contribution in [2.24, 2.45) is 0 Å². The van der Waals surface area contributed by atoms with Gasteiger partial charge in [0.2, 0.25) is 5.95 Å². The van der Waals surface area contributed by atoms with Crippen LogP contribution in [0.1, 0.15) is 19.3 Å². The third-order valence-electron chi connectivity index (χ3n) is 4.63. The lowest BCUT2D eigenvalue weighted by Gasteiger charge is -2.43. The molecule has 4 rings (SSSR count). The van der Waals surface area contributed by atoms with Crippen molar-refractivity contribution in [1.82, 2.24) is 14.9 Å². The normalized spacial score (nSPS) is 24.0. The molecule has 2 fully saturated rings. The zero-order valence-corrected chi connectivity index (χ0v) is 11.7. The summed E-state index contributed by atoms with van der Waals surface area (Å²) >= 11 is 0. The number of piperidine rings is 1. The van der Waals surface area contributed by atoms with Gasteiger partial charge in [-0.05, 0) is 37.6 Å². The number of aromatic nitrogens is 2. The number of piperazine rings is 1. The maximum absolute atomic E-state index is 5.83. The number of H-pyrrole nitrogens is 1. The first-order valence-corrected chi connectivity index (χ1v) is 7.54. The molecule has 2 aliphatic heterocycles. The number of benzene rings is 1. The summed E-state index contributed by atoms with van der Waals surface area (Å²) in [6, 6.07) is 6.56. The fraction of sp³-hybridized carbons (Fsp3) is 0.533. The largest absolute Gasteiger partial charge is 0.399 e. The molecule has 2 aliphatic rings. The van der Waals surface area contributed by atoms with Gasteiger partial charge in [0.15, 0.2) is 0 Å². The van der Waals surface area contributed by atoms with Crippen LogP contribution in [0.2, 0.25) is 0 Å². The van der Waals surface area contributed by atoms with Crippen LogP contribution in [0.3, 0.4) is 0 Å². The third-order valence-corrected chi connectivity index (χ3v) is 4.63. The minimum atomic E-state index is 0.704. The van der Waals surface area contributed by atoms with Crippen LogP contribution >= 0.6 is 0 Å². The SMILES string of the molecule is Nc1ccc2nc(N3CCN4CCCCC4C3)[nH]c2c1. The summed E-state index contributed by atoms with van der Waals surface area (Å²) in [5.41, 5.74) is 8.65. The topological polar surface area (TPSA) is 61.2 Å². The van der Waals surface area contributed by atoms with E-state index in [1.54, 1.807) is 0 Å². The Morgan fingerprint density at radius 3 is 3.10 bits per heavy atom. The molecule has 0 bridgehead atoms. The molecule has 1 atom stereocenters. The highest BCUT2D eigenvalue weighted by Gasteiger charge is 2.29. The number of fused-ring (bicyclic) bond motifs is 2. The van der Waals surface area contributed by atoms with Crippen LogP contribution < -0.4 is 10.6 Å². The number of nitrogens with zero attached hydrogens (tertiary/aromatic N) is 3. The monoisotopic (exact) mass is 271 g/mol. The van der Waals surface area contributed by atoms with Crippen molar-refractivity contribution in [2.75, 3.05) is 36.8 Å². The molecule has 1 unspecified atom stereocenters. The molecule has 0 aliphatic carbocycles. The second kappa shape index (κ2) is 4.66. The van der Waals surface area contributed by atoms with Crippen molar-refractivity contribution < 1.29 is 0 Å². The first-order chi connectivity index (χ1) is 9.79. The maximum atomic E-state index is 5.83. The predicted octanol–water partition coefficient (Wildman–Crippen LogP) is 1.82. The van der Waals surface area contributed by atoms with E-state index in [1.807, 2.05) is 18.2 Å². The fourth-order valence-corrected chi connectivity index (χ4v) is 3.51. The van der Waals surface area contributed by atoms with E-state index in [2.05, 4.69) is 14.8 Å². The highest BCUT2D eigenvalue weighted by atomic mass is 15.3. The lowest BCUT2D eigenvalue weighted by molar-refractivity contribution is 0.133. The van der Waals surface area contributed by atoms with E-state index in [9.17, 15) is 0 Å². The van der Waals surface area contributed by atoms with Gasteiger partial charge >= 0.3 is 0 Å². The average molecular weight is 271 g/mol. The van der Waals surface area contributed by atoms with Crippen LogP contribution in [0.4, 0.5) is 11.6 Å². The van der Waals surface area contributed by atoms with Gasteiger partial charge in [0.05, 0.1) is 11.0 Å². The van der Waals surface area contributed by atoms with Crippen LogP contribution in [0.15, 0.2) is 18.2 Å². The predicted molar refractivity (Wildman–Crippen MR) is 81.9 cm³/mol. The molecule has 106 valence electrons. The molecule has 0 saturated carbocycles. The molecular formula is C15H21N5. The van der Waals surface area contributed by atoms with Crippen LogP contribution in [0.25, 0.3) is 11.0 Å². The fourth-order valence-electron chi connectivity index (χ4n) is 3.51. The molecule has 5 heteroatoms. The zero-order chi connectivity index (χ0) is 13.5. The summed E-state index contributed by atoms with van der Waals surface area (Å²) in [6.45, 7) is 4.58. The number of rotatable bonds is 1. The number of hydrogen-bond acceptors (Lipinski definition) is 4. The van der Waals surface area contributed by atoms with Gasteiger partial charge in [0.25, 0.3) is 0 Å². The van der Waals surface area contributed by atoms with Crippen molar-refractivity contribution in [2.45, 2.75) is 25.3 Å². The molecule has 1 aromatic carbocycles. The highest BCUT2D eigenvalue weighted by molar-refractivity contribution is 5.80. The number of nitrogen functional groups attached to an aromatic ring is 1. The van der Waals surface area contributed by atoms with E-state index in [-0.39, 0.29) is 0 Å². The summed E-state index contributed by atoms with van der Waals surface area (Å²) in [5, 5.41) is 0. The van der Waals surface area contributed by atoms with E-state index in [0.717, 1.165) is 42.3 Å². The summed E-state index contributed by atoms with van der Waals surface area (Å²) in [6.07, 6.45) is 4.05. The van der Waals surface area contributed by atoms with Crippen molar-refractivity contribution in [3.8, 4) is 0 Å². The molecule has 20 heavy (non-hydrogen) atoms. The van der Waals surface area contributed by atoms with Crippen LogP contribution in [-0.4, -0.2) is 47.1 Å². The lowest BCUT2D eigenvalue weighted by Crippen LogP contribution is -2.55. The van der Waals surface area contributed by atoms with Gasteiger partial charge in [-0.15, -0.1) is 0 Å². The lowest BCUT2D eigenvalue weighted by atomic mass is 10.00. The summed E-state index contributed by atoms with van der Waals surface area (Å²) in [4.78, 5) is 13.2. The first-order valence-electron chi connectivity index (χ1n) is 7.54. The smallest absolute Gasteiger partial charge is 0.203 e. The Morgan fingerprint density at radius 1 is 1.20 bits per heavy atom. The average Bonchev–Trinajstić information content (AvgIpc) is 2.89. The molecule has 0 radical (unpaired) electrons. The van der Waals surface area contributed by atoms with E-state index in [4.69, 9.17) is 10.7 Å². The maximum Gasteiger partial charge on any atom is 0.203 e. The van der Waals surface area contributed by atoms with Gasteiger partial charge in [0, 0.05) is 31.4 Å². The minimum Gasteiger partial charge on any atom is -0.399 e. The Kier molecular flexibility index (Phi) is 2.80. The molecule has 1 aromatic heterocycles. The van der Waals surface area contributed by atoms with E-state index >= 15 is 0 Å². The molecule has 0 amide bonds. The van der Waals surface area contributed by atoms with E-state index < -0.39 is 0 Å². The van der Waals surface area contributed by atoms with Crippen LogP contribution in [-0.2, 0) is 0 Å².